The number of aryl methyl sites for hydroxylation is 1. The third-order valence-electron chi connectivity index (χ3n) is 4.47. The molecule has 0 unspecified atom stereocenters. The van der Waals surface area contributed by atoms with Crippen LogP contribution in [0.15, 0.2) is 52.2 Å². The molecule has 1 aliphatic rings. The summed E-state index contributed by atoms with van der Waals surface area (Å²) in [6, 6.07) is 12.6. The van der Waals surface area contributed by atoms with E-state index in [1.54, 1.807) is 18.0 Å². The Bertz CT molecular complexity index is 805. The van der Waals surface area contributed by atoms with Crippen molar-refractivity contribution in [1.82, 2.24) is 14.8 Å². The number of benzene rings is 1. The number of hydrogen-bond acceptors (Lipinski definition) is 5. The maximum absolute atomic E-state index is 5.55. The molecule has 1 aliphatic heterocycles. The van der Waals surface area contributed by atoms with Crippen LogP contribution in [0, 0.1) is 6.92 Å². The molecule has 25 heavy (non-hydrogen) atoms. The molecule has 3 heterocycles. The maximum Gasteiger partial charge on any atom is 0.228 e. The van der Waals surface area contributed by atoms with Crippen LogP contribution in [0.5, 0.6) is 0 Å². The van der Waals surface area contributed by atoms with E-state index in [-0.39, 0.29) is 0 Å². The molecule has 4 rings (SSSR count). The molecule has 0 spiro atoms. The number of aromatic nitrogens is 3. The largest absolute Gasteiger partial charge is 0.467 e. The average molecular weight is 354 g/mol. The minimum Gasteiger partial charge on any atom is -0.467 e. The van der Waals surface area contributed by atoms with Crippen LogP contribution in [0.3, 0.4) is 0 Å². The molecule has 2 aromatic heterocycles. The lowest BCUT2D eigenvalue weighted by atomic mass is 10.2. The third kappa shape index (κ3) is 3.74. The monoisotopic (exact) mass is 354 g/mol. The van der Waals surface area contributed by atoms with Crippen LogP contribution >= 0.6 is 11.8 Å². The fourth-order valence-corrected chi connectivity index (χ4v) is 3.96. The van der Waals surface area contributed by atoms with Gasteiger partial charge in [-0.15, -0.1) is 10.2 Å². The number of rotatable bonds is 6. The lowest BCUT2D eigenvalue weighted by Gasteiger charge is -2.17. The Labute approximate surface area is 152 Å². The van der Waals surface area contributed by atoms with Crippen molar-refractivity contribution in [2.24, 2.45) is 0 Å². The fourth-order valence-electron chi connectivity index (χ4n) is 3.07. The van der Waals surface area contributed by atoms with Crippen LogP contribution in [0.1, 0.15) is 29.7 Å². The molecule has 0 N–H and O–H groups in total. The summed E-state index contributed by atoms with van der Waals surface area (Å²) in [6.45, 7) is 4.89. The Kier molecular flexibility index (Phi) is 4.78. The molecular weight excluding hydrogens is 332 g/mol. The van der Waals surface area contributed by atoms with Crippen molar-refractivity contribution in [1.29, 1.82) is 0 Å². The standard InChI is InChI=1S/C19H22N4OS/c1-15-6-8-16(9-7-15)14-25-19-21-20-18(22-10-2-3-11-22)23(19)13-17-5-4-12-24-17/h4-9,12H,2-3,10-11,13-14H2,1H3. The Morgan fingerprint density at radius 1 is 1.08 bits per heavy atom. The second kappa shape index (κ2) is 7.35. The van der Waals surface area contributed by atoms with Crippen LogP contribution in [-0.4, -0.2) is 27.9 Å². The first-order chi connectivity index (χ1) is 12.3. The van der Waals surface area contributed by atoms with Gasteiger partial charge in [0.25, 0.3) is 0 Å². The summed E-state index contributed by atoms with van der Waals surface area (Å²) in [6.07, 6.45) is 4.16. The molecule has 1 aromatic carbocycles. The minimum atomic E-state index is 0.669. The van der Waals surface area contributed by atoms with E-state index in [9.17, 15) is 0 Å². The highest BCUT2D eigenvalue weighted by atomic mass is 32.2. The van der Waals surface area contributed by atoms with Crippen LogP contribution in [-0.2, 0) is 12.3 Å². The highest BCUT2D eigenvalue weighted by Gasteiger charge is 2.22. The number of thioether (sulfide) groups is 1. The zero-order chi connectivity index (χ0) is 17.1. The molecule has 0 aliphatic carbocycles. The third-order valence-corrected chi connectivity index (χ3v) is 5.51. The molecule has 3 aromatic rings. The van der Waals surface area contributed by atoms with E-state index >= 15 is 0 Å². The van der Waals surface area contributed by atoms with Crippen LogP contribution in [0.25, 0.3) is 0 Å². The zero-order valence-electron chi connectivity index (χ0n) is 14.4. The number of furan rings is 1. The average Bonchev–Trinajstić information content (AvgIpc) is 3.37. The Morgan fingerprint density at radius 3 is 2.60 bits per heavy atom. The van der Waals surface area contributed by atoms with Gasteiger partial charge in [-0.1, -0.05) is 41.6 Å². The molecule has 0 atom stereocenters. The van der Waals surface area contributed by atoms with Crippen molar-refractivity contribution >= 4 is 17.7 Å². The lowest BCUT2D eigenvalue weighted by molar-refractivity contribution is 0.483. The van der Waals surface area contributed by atoms with E-state index in [4.69, 9.17) is 4.42 Å². The first-order valence-electron chi connectivity index (χ1n) is 8.68. The van der Waals surface area contributed by atoms with E-state index < -0.39 is 0 Å². The molecule has 0 amide bonds. The van der Waals surface area contributed by atoms with Crippen molar-refractivity contribution in [3.8, 4) is 0 Å². The minimum absolute atomic E-state index is 0.669. The van der Waals surface area contributed by atoms with E-state index in [0.29, 0.717) is 6.54 Å². The Balaban J connectivity index is 1.56. The van der Waals surface area contributed by atoms with Crippen molar-refractivity contribution in [3.63, 3.8) is 0 Å². The fraction of sp³-hybridized carbons (Fsp3) is 0.368. The van der Waals surface area contributed by atoms with Gasteiger partial charge in [-0.2, -0.15) is 0 Å². The van der Waals surface area contributed by atoms with Gasteiger partial charge in [-0.05, 0) is 37.5 Å². The van der Waals surface area contributed by atoms with Gasteiger partial charge in [0.15, 0.2) is 5.16 Å². The van der Waals surface area contributed by atoms with Crippen molar-refractivity contribution in [2.45, 2.75) is 37.2 Å². The van der Waals surface area contributed by atoms with Gasteiger partial charge >= 0.3 is 0 Å². The van der Waals surface area contributed by atoms with E-state index in [0.717, 1.165) is 35.7 Å². The van der Waals surface area contributed by atoms with Gasteiger partial charge in [0, 0.05) is 18.8 Å². The normalized spacial score (nSPS) is 14.4. The van der Waals surface area contributed by atoms with Gasteiger partial charge in [0.05, 0.1) is 12.8 Å². The second-order valence-corrected chi connectivity index (χ2v) is 7.36. The highest BCUT2D eigenvalue weighted by Crippen LogP contribution is 2.28. The van der Waals surface area contributed by atoms with Crippen LogP contribution in [0.2, 0.25) is 0 Å². The summed E-state index contributed by atoms with van der Waals surface area (Å²) in [5.41, 5.74) is 2.58. The van der Waals surface area contributed by atoms with E-state index in [2.05, 4.69) is 50.9 Å². The molecule has 5 nitrogen and oxygen atoms in total. The molecule has 1 fully saturated rings. The van der Waals surface area contributed by atoms with Crippen LogP contribution in [0.4, 0.5) is 5.95 Å². The van der Waals surface area contributed by atoms with Gasteiger partial charge < -0.3 is 9.32 Å². The maximum atomic E-state index is 5.55. The summed E-state index contributed by atoms with van der Waals surface area (Å²) in [7, 11) is 0. The first kappa shape index (κ1) is 16.3. The van der Waals surface area contributed by atoms with Gasteiger partial charge in [0.2, 0.25) is 5.95 Å². The number of anilines is 1. The quantitative estimate of drug-likeness (QED) is 0.623. The summed E-state index contributed by atoms with van der Waals surface area (Å²) >= 11 is 1.73. The smallest absolute Gasteiger partial charge is 0.228 e. The van der Waals surface area contributed by atoms with Gasteiger partial charge in [0.1, 0.15) is 5.76 Å². The predicted octanol–water partition coefficient (Wildman–Crippen LogP) is 4.12. The summed E-state index contributed by atoms with van der Waals surface area (Å²) in [5.74, 6) is 2.77. The van der Waals surface area contributed by atoms with E-state index in [1.165, 1.54) is 24.0 Å². The predicted molar refractivity (Wildman–Crippen MR) is 100 cm³/mol. The SMILES string of the molecule is Cc1ccc(CSc2nnc(N3CCCC3)n2Cc2ccco2)cc1. The number of nitrogens with zero attached hydrogens (tertiary/aromatic N) is 4. The topological polar surface area (TPSA) is 47.1 Å². The van der Waals surface area contributed by atoms with Crippen molar-refractivity contribution < 1.29 is 4.42 Å². The van der Waals surface area contributed by atoms with Crippen molar-refractivity contribution in [2.75, 3.05) is 18.0 Å². The number of hydrogen-bond donors (Lipinski definition) is 0. The highest BCUT2D eigenvalue weighted by molar-refractivity contribution is 7.98. The van der Waals surface area contributed by atoms with Crippen molar-refractivity contribution in [3.05, 3.63) is 59.5 Å². The molecule has 0 saturated carbocycles. The summed E-state index contributed by atoms with van der Waals surface area (Å²) in [4.78, 5) is 2.33. The second-order valence-electron chi connectivity index (χ2n) is 6.42. The zero-order valence-corrected chi connectivity index (χ0v) is 15.2. The molecule has 0 radical (unpaired) electrons. The molecule has 0 bridgehead atoms. The van der Waals surface area contributed by atoms with Gasteiger partial charge in [-0.25, -0.2) is 0 Å². The van der Waals surface area contributed by atoms with Gasteiger partial charge in [-0.3, -0.25) is 4.57 Å². The molecule has 130 valence electrons. The summed E-state index contributed by atoms with van der Waals surface area (Å²) in [5, 5.41) is 9.89. The lowest BCUT2D eigenvalue weighted by Crippen LogP contribution is -2.22. The van der Waals surface area contributed by atoms with E-state index in [1.807, 2.05) is 12.1 Å². The Morgan fingerprint density at radius 2 is 1.88 bits per heavy atom. The molecule has 1 saturated heterocycles. The molecular formula is C19H22N4OS. The molecule has 6 heteroatoms. The first-order valence-corrected chi connectivity index (χ1v) is 9.67. The van der Waals surface area contributed by atoms with Crippen LogP contribution < -0.4 is 4.90 Å². The summed E-state index contributed by atoms with van der Waals surface area (Å²) < 4.78 is 7.73. The Hall–Kier alpha value is -2.21.